The SMILES string of the molecule is O=S([O-])[O-].c1ccncc1. The number of rotatable bonds is 0. The van der Waals surface area contributed by atoms with Crippen molar-refractivity contribution in [3.8, 4) is 0 Å². The molecule has 0 amide bonds. The van der Waals surface area contributed by atoms with Crippen LogP contribution in [0.1, 0.15) is 0 Å². The Morgan fingerprint density at radius 1 is 1.10 bits per heavy atom. The molecule has 0 aliphatic rings. The molecule has 1 heterocycles. The largest absolute Gasteiger partial charge is 0.784 e. The minimum Gasteiger partial charge on any atom is -0.784 e. The van der Waals surface area contributed by atoms with E-state index in [2.05, 4.69) is 4.98 Å². The molecule has 4 nitrogen and oxygen atoms in total. The van der Waals surface area contributed by atoms with Gasteiger partial charge in [0, 0.05) is 12.4 Å². The topological polar surface area (TPSA) is 76.1 Å². The summed E-state index contributed by atoms with van der Waals surface area (Å²) in [6, 6.07) is 5.72. The van der Waals surface area contributed by atoms with Crippen LogP contribution in [0.25, 0.3) is 0 Å². The maximum Gasteiger partial charge on any atom is 0.0267 e. The molecule has 0 fully saturated rings. The Labute approximate surface area is 61.0 Å². The molecule has 0 atom stereocenters. The molecular formula is C5H5NO3S-2. The zero-order chi connectivity index (χ0) is 7.82. The first-order chi connectivity index (χ1) is 4.73. The van der Waals surface area contributed by atoms with Crippen molar-refractivity contribution in [2.75, 3.05) is 0 Å². The van der Waals surface area contributed by atoms with Crippen molar-refractivity contribution in [2.45, 2.75) is 0 Å². The second-order valence-corrected chi connectivity index (χ2v) is 1.64. The fourth-order valence-corrected chi connectivity index (χ4v) is 0.313. The van der Waals surface area contributed by atoms with E-state index < -0.39 is 11.4 Å². The predicted octanol–water partition coefficient (Wildman–Crippen LogP) is 0.0775. The quantitative estimate of drug-likeness (QED) is 0.502. The summed E-state index contributed by atoms with van der Waals surface area (Å²) in [4.78, 5) is 3.78. The predicted molar refractivity (Wildman–Crippen MR) is 33.9 cm³/mol. The van der Waals surface area contributed by atoms with Crippen molar-refractivity contribution < 1.29 is 13.3 Å². The molecule has 0 N–H and O–H groups in total. The van der Waals surface area contributed by atoms with Crippen molar-refractivity contribution in [3.63, 3.8) is 0 Å². The summed E-state index contributed by atoms with van der Waals surface area (Å²) in [5.41, 5.74) is 0. The van der Waals surface area contributed by atoms with E-state index in [0.717, 1.165) is 0 Å². The summed E-state index contributed by atoms with van der Waals surface area (Å²) in [6.07, 6.45) is 3.50. The van der Waals surface area contributed by atoms with E-state index in [0.29, 0.717) is 0 Å². The highest BCUT2D eigenvalue weighted by Crippen LogP contribution is 1.73. The Balaban J connectivity index is 0.000000180. The van der Waals surface area contributed by atoms with E-state index in [1.807, 2.05) is 18.2 Å². The van der Waals surface area contributed by atoms with Gasteiger partial charge in [0.1, 0.15) is 0 Å². The average molecular weight is 159 g/mol. The van der Waals surface area contributed by atoms with Crippen molar-refractivity contribution in [2.24, 2.45) is 0 Å². The molecule has 0 saturated heterocycles. The Bertz CT molecular complexity index is 149. The van der Waals surface area contributed by atoms with E-state index >= 15 is 0 Å². The van der Waals surface area contributed by atoms with Crippen molar-refractivity contribution in [1.82, 2.24) is 4.98 Å². The highest BCUT2D eigenvalue weighted by Gasteiger charge is 1.58. The van der Waals surface area contributed by atoms with Gasteiger partial charge in [-0.25, -0.2) is 0 Å². The molecule has 0 aromatic carbocycles. The van der Waals surface area contributed by atoms with Crippen LogP contribution in [0, 0.1) is 0 Å². The van der Waals surface area contributed by atoms with E-state index in [4.69, 9.17) is 13.3 Å². The molecule has 56 valence electrons. The summed E-state index contributed by atoms with van der Waals surface area (Å²) in [7, 11) is 0. The molecule has 0 aliphatic carbocycles. The molecule has 1 aromatic heterocycles. The van der Waals surface area contributed by atoms with Crippen molar-refractivity contribution in [1.29, 1.82) is 0 Å². The van der Waals surface area contributed by atoms with Gasteiger partial charge in [-0.05, 0) is 12.1 Å². The van der Waals surface area contributed by atoms with Crippen molar-refractivity contribution in [3.05, 3.63) is 30.6 Å². The molecule has 10 heavy (non-hydrogen) atoms. The highest BCUT2D eigenvalue weighted by molar-refractivity contribution is 7.72. The number of aromatic nitrogens is 1. The third kappa shape index (κ3) is 10.3. The zero-order valence-corrected chi connectivity index (χ0v) is 5.78. The van der Waals surface area contributed by atoms with Crippen LogP contribution >= 0.6 is 0 Å². The summed E-state index contributed by atoms with van der Waals surface area (Å²) in [5.74, 6) is 0. The van der Waals surface area contributed by atoms with Gasteiger partial charge < -0.3 is 9.11 Å². The Morgan fingerprint density at radius 3 is 1.60 bits per heavy atom. The number of hydrogen-bond donors (Lipinski definition) is 0. The van der Waals surface area contributed by atoms with Crippen LogP contribution in [0.4, 0.5) is 0 Å². The average Bonchev–Trinajstić information content (AvgIpc) is 1.90. The van der Waals surface area contributed by atoms with Gasteiger partial charge in [0.15, 0.2) is 0 Å². The van der Waals surface area contributed by atoms with E-state index in [1.165, 1.54) is 0 Å². The third-order valence-electron chi connectivity index (χ3n) is 0.566. The molecule has 0 unspecified atom stereocenters. The summed E-state index contributed by atoms with van der Waals surface area (Å²) >= 11 is -3.11. The lowest BCUT2D eigenvalue weighted by Gasteiger charge is -2.03. The summed E-state index contributed by atoms with van der Waals surface area (Å²) in [5, 5.41) is 0. The van der Waals surface area contributed by atoms with Gasteiger partial charge in [0.25, 0.3) is 0 Å². The second kappa shape index (κ2) is 6.34. The first-order valence-corrected chi connectivity index (χ1v) is 3.35. The zero-order valence-electron chi connectivity index (χ0n) is 4.97. The van der Waals surface area contributed by atoms with Gasteiger partial charge in [0.05, 0.1) is 0 Å². The van der Waals surface area contributed by atoms with Gasteiger partial charge >= 0.3 is 0 Å². The maximum atomic E-state index is 8.44. The first-order valence-electron chi connectivity index (χ1n) is 2.35. The molecule has 1 rings (SSSR count). The van der Waals surface area contributed by atoms with Crippen LogP contribution in [0.2, 0.25) is 0 Å². The van der Waals surface area contributed by atoms with Gasteiger partial charge in [-0.1, -0.05) is 6.07 Å². The lowest BCUT2D eigenvalue weighted by molar-refractivity contribution is 0.419. The highest BCUT2D eigenvalue weighted by atomic mass is 32.2. The Kier molecular flexibility index (Phi) is 5.85. The van der Waals surface area contributed by atoms with Crippen LogP contribution in [0.3, 0.4) is 0 Å². The monoisotopic (exact) mass is 159 g/mol. The molecule has 1 aromatic rings. The molecular weight excluding hydrogens is 154 g/mol. The van der Waals surface area contributed by atoms with Crippen LogP contribution < -0.4 is 0 Å². The van der Waals surface area contributed by atoms with E-state index in [1.54, 1.807) is 12.4 Å². The molecule has 0 radical (unpaired) electrons. The molecule has 5 heteroatoms. The number of nitrogens with zero attached hydrogens (tertiary/aromatic N) is 1. The van der Waals surface area contributed by atoms with Crippen LogP contribution in [0.5, 0.6) is 0 Å². The van der Waals surface area contributed by atoms with Crippen LogP contribution in [-0.4, -0.2) is 18.3 Å². The normalized spacial score (nSPS) is 8.30. The minimum absolute atomic E-state index is 1.75. The fraction of sp³-hybridized carbons (Fsp3) is 0. The number of pyridine rings is 1. The molecule has 0 bridgehead atoms. The van der Waals surface area contributed by atoms with E-state index in [9.17, 15) is 0 Å². The standard InChI is InChI=1S/C5H5N.H2O3S/c1-2-4-6-5-3-1;1-4(2)3/h1-5H;(H2,1,2,3)/p-2. The van der Waals surface area contributed by atoms with Gasteiger partial charge in [-0.15, -0.1) is 11.4 Å². The Morgan fingerprint density at radius 2 is 1.50 bits per heavy atom. The lowest BCUT2D eigenvalue weighted by atomic mass is 10.5. The smallest absolute Gasteiger partial charge is 0.0267 e. The Hall–Kier alpha value is -0.780. The van der Waals surface area contributed by atoms with Gasteiger partial charge in [0.2, 0.25) is 0 Å². The van der Waals surface area contributed by atoms with E-state index in [-0.39, 0.29) is 0 Å². The maximum absolute atomic E-state index is 8.44. The van der Waals surface area contributed by atoms with Gasteiger partial charge in [-0.2, -0.15) is 0 Å². The van der Waals surface area contributed by atoms with Crippen molar-refractivity contribution >= 4 is 11.4 Å². The van der Waals surface area contributed by atoms with Crippen LogP contribution in [0.15, 0.2) is 30.6 Å². The lowest BCUT2D eigenvalue weighted by Crippen LogP contribution is -1.76. The summed E-state index contributed by atoms with van der Waals surface area (Å²) in [6.45, 7) is 0. The summed E-state index contributed by atoms with van der Waals surface area (Å²) < 4.78 is 25.3. The number of hydrogen-bond acceptors (Lipinski definition) is 4. The molecule has 0 spiro atoms. The first kappa shape index (κ1) is 9.22. The third-order valence-corrected chi connectivity index (χ3v) is 0.566. The van der Waals surface area contributed by atoms with Gasteiger partial charge in [-0.3, -0.25) is 9.19 Å². The minimum atomic E-state index is -3.11. The second-order valence-electron chi connectivity index (χ2n) is 1.23. The fourth-order valence-electron chi connectivity index (χ4n) is 0.313. The van der Waals surface area contributed by atoms with Crippen LogP contribution in [-0.2, 0) is 11.4 Å². The molecule has 0 aliphatic heterocycles. The molecule has 0 saturated carbocycles.